The van der Waals surface area contributed by atoms with Gasteiger partial charge in [-0.05, 0) is 43.2 Å². The molecule has 128 valence electrons. The van der Waals surface area contributed by atoms with E-state index in [0.29, 0.717) is 17.1 Å². The third-order valence-corrected chi connectivity index (χ3v) is 4.61. The lowest BCUT2D eigenvalue weighted by Gasteiger charge is -2.10. The van der Waals surface area contributed by atoms with Crippen LogP contribution in [0.3, 0.4) is 0 Å². The van der Waals surface area contributed by atoms with Crippen molar-refractivity contribution in [1.29, 1.82) is 0 Å². The van der Waals surface area contributed by atoms with Crippen LogP contribution in [0.1, 0.15) is 23.2 Å². The average Bonchev–Trinajstić information content (AvgIpc) is 3.29. The highest BCUT2D eigenvalue weighted by molar-refractivity contribution is 6.31. The van der Waals surface area contributed by atoms with Gasteiger partial charge in [0.2, 0.25) is 0 Å². The van der Waals surface area contributed by atoms with Gasteiger partial charge >= 0.3 is 0 Å². The summed E-state index contributed by atoms with van der Waals surface area (Å²) in [5.41, 5.74) is 3.29. The average molecular weight is 356 g/mol. The second-order valence-electron chi connectivity index (χ2n) is 6.17. The van der Waals surface area contributed by atoms with Gasteiger partial charge in [0, 0.05) is 29.3 Å². The lowest BCUT2D eigenvalue weighted by Crippen LogP contribution is -2.31. The molecule has 1 unspecified atom stereocenters. The molecule has 1 aromatic heterocycles. The number of hydrogen-bond donors (Lipinski definition) is 2. The first-order valence-corrected chi connectivity index (χ1v) is 8.72. The summed E-state index contributed by atoms with van der Waals surface area (Å²) in [6.45, 7) is 1.35. The number of carbonyl (C=O) groups excluding carboxylic acids is 1. The Hall–Kier alpha value is -2.37. The van der Waals surface area contributed by atoms with Gasteiger partial charge in [-0.15, -0.1) is 0 Å². The fourth-order valence-electron chi connectivity index (χ4n) is 3.01. The zero-order valence-electron chi connectivity index (χ0n) is 13.6. The SMILES string of the molecule is O=C(NCC1CCCO1)c1ccc(-c2nc3ccc(Cl)cc3[nH]2)cc1. The Labute approximate surface area is 150 Å². The Morgan fingerprint density at radius 3 is 2.88 bits per heavy atom. The fraction of sp³-hybridized carbons (Fsp3) is 0.263. The van der Waals surface area contributed by atoms with Crippen molar-refractivity contribution >= 4 is 28.5 Å². The molecule has 1 saturated heterocycles. The molecule has 2 N–H and O–H groups in total. The molecule has 0 spiro atoms. The van der Waals surface area contributed by atoms with Gasteiger partial charge in [0.25, 0.3) is 5.91 Å². The molecule has 1 amide bonds. The summed E-state index contributed by atoms with van der Waals surface area (Å²) in [5, 5.41) is 3.59. The molecule has 1 aliphatic heterocycles. The van der Waals surface area contributed by atoms with E-state index in [-0.39, 0.29) is 12.0 Å². The first-order valence-electron chi connectivity index (χ1n) is 8.34. The van der Waals surface area contributed by atoms with Gasteiger partial charge in [0.15, 0.2) is 0 Å². The van der Waals surface area contributed by atoms with Gasteiger partial charge in [-0.25, -0.2) is 4.98 Å². The molecule has 0 radical (unpaired) electrons. The summed E-state index contributed by atoms with van der Waals surface area (Å²) in [5.74, 6) is 0.669. The van der Waals surface area contributed by atoms with Crippen LogP contribution in [0.5, 0.6) is 0 Å². The van der Waals surface area contributed by atoms with Crippen LogP contribution in [-0.4, -0.2) is 35.1 Å². The summed E-state index contributed by atoms with van der Waals surface area (Å²) < 4.78 is 5.52. The molecular weight excluding hydrogens is 338 g/mol. The van der Waals surface area contributed by atoms with E-state index in [2.05, 4.69) is 15.3 Å². The van der Waals surface area contributed by atoms with Crippen molar-refractivity contribution < 1.29 is 9.53 Å². The third kappa shape index (κ3) is 3.52. The molecule has 0 aliphatic carbocycles. The summed E-state index contributed by atoms with van der Waals surface area (Å²) in [7, 11) is 0. The van der Waals surface area contributed by atoms with Crippen LogP contribution in [0.2, 0.25) is 5.02 Å². The number of ether oxygens (including phenoxy) is 1. The number of halogens is 1. The maximum Gasteiger partial charge on any atom is 0.251 e. The number of H-pyrrole nitrogens is 1. The van der Waals surface area contributed by atoms with E-state index >= 15 is 0 Å². The Bertz CT molecular complexity index is 899. The van der Waals surface area contributed by atoms with E-state index in [1.54, 1.807) is 12.1 Å². The zero-order valence-corrected chi connectivity index (χ0v) is 14.3. The van der Waals surface area contributed by atoms with Gasteiger partial charge in [-0.2, -0.15) is 0 Å². The molecule has 1 aliphatic rings. The van der Waals surface area contributed by atoms with E-state index in [0.717, 1.165) is 41.9 Å². The Balaban J connectivity index is 1.47. The molecule has 1 fully saturated rings. The highest BCUT2D eigenvalue weighted by atomic mass is 35.5. The first kappa shape index (κ1) is 16.1. The molecule has 1 atom stereocenters. The Kier molecular flexibility index (Phi) is 4.42. The lowest BCUT2D eigenvalue weighted by molar-refractivity contribution is 0.0858. The maximum absolute atomic E-state index is 12.2. The second-order valence-corrected chi connectivity index (χ2v) is 6.61. The molecule has 25 heavy (non-hydrogen) atoms. The number of imidazole rings is 1. The van der Waals surface area contributed by atoms with E-state index in [1.165, 1.54) is 0 Å². The number of aromatic amines is 1. The molecule has 4 rings (SSSR count). The minimum Gasteiger partial charge on any atom is -0.376 e. The van der Waals surface area contributed by atoms with Gasteiger partial charge in [-0.1, -0.05) is 23.7 Å². The largest absolute Gasteiger partial charge is 0.376 e. The Morgan fingerprint density at radius 1 is 1.28 bits per heavy atom. The van der Waals surface area contributed by atoms with Crippen molar-refractivity contribution in [3.05, 3.63) is 53.1 Å². The molecule has 2 aromatic carbocycles. The van der Waals surface area contributed by atoms with Crippen LogP contribution >= 0.6 is 11.6 Å². The van der Waals surface area contributed by atoms with Gasteiger partial charge in [0.05, 0.1) is 17.1 Å². The minimum absolute atomic E-state index is 0.0848. The van der Waals surface area contributed by atoms with Crippen molar-refractivity contribution in [2.45, 2.75) is 18.9 Å². The van der Waals surface area contributed by atoms with Crippen molar-refractivity contribution in [2.24, 2.45) is 0 Å². The van der Waals surface area contributed by atoms with Crippen molar-refractivity contribution in [1.82, 2.24) is 15.3 Å². The predicted molar refractivity (Wildman–Crippen MR) is 97.8 cm³/mol. The quantitative estimate of drug-likeness (QED) is 0.748. The van der Waals surface area contributed by atoms with E-state index in [1.807, 2.05) is 30.3 Å². The highest BCUT2D eigenvalue weighted by Gasteiger charge is 2.16. The smallest absolute Gasteiger partial charge is 0.251 e. The molecule has 0 bridgehead atoms. The normalized spacial score (nSPS) is 17.1. The number of benzene rings is 2. The molecule has 3 aromatic rings. The summed E-state index contributed by atoms with van der Waals surface area (Å²) in [6.07, 6.45) is 2.22. The molecule has 2 heterocycles. The zero-order chi connectivity index (χ0) is 17.2. The van der Waals surface area contributed by atoms with Crippen molar-refractivity contribution in [2.75, 3.05) is 13.2 Å². The van der Waals surface area contributed by atoms with E-state index in [9.17, 15) is 4.79 Å². The fourth-order valence-corrected chi connectivity index (χ4v) is 3.18. The molecular formula is C19H18ClN3O2. The van der Waals surface area contributed by atoms with Crippen LogP contribution in [-0.2, 0) is 4.74 Å². The second kappa shape index (κ2) is 6.86. The van der Waals surface area contributed by atoms with Gasteiger partial charge in [0.1, 0.15) is 5.82 Å². The van der Waals surface area contributed by atoms with E-state index in [4.69, 9.17) is 16.3 Å². The predicted octanol–water partition coefficient (Wildman–Crippen LogP) is 3.79. The first-order chi connectivity index (χ1) is 12.2. The number of nitrogens with one attached hydrogen (secondary N) is 2. The number of hydrogen-bond acceptors (Lipinski definition) is 3. The standard InChI is InChI=1S/C19H18ClN3O2/c20-14-7-8-16-17(10-14)23-18(22-16)12-3-5-13(6-4-12)19(24)21-11-15-2-1-9-25-15/h3-8,10,15H,1-2,9,11H2,(H,21,24)(H,22,23). The number of amides is 1. The van der Waals surface area contributed by atoms with Crippen molar-refractivity contribution in [3.8, 4) is 11.4 Å². The molecule has 5 nitrogen and oxygen atoms in total. The van der Waals surface area contributed by atoms with Crippen LogP contribution in [0.25, 0.3) is 22.4 Å². The summed E-state index contributed by atoms with van der Waals surface area (Å²) >= 11 is 6.01. The van der Waals surface area contributed by atoms with Crippen molar-refractivity contribution in [3.63, 3.8) is 0 Å². The minimum atomic E-state index is -0.0848. The number of nitrogens with zero attached hydrogens (tertiary/aromatic N) is 1. The Morgan fingerprint density at radius 2 is 2.12 bits per heavy atom. The maximum atomic E-state index is 12.2. The summed E-state index contributed by atoms with van der Waals surface area (Å²) in [4.78, 5) is 20.0. The molecule has 0 saturated carbocycles. The number of aromatic nitrogens is 2. The highest BCUT2D eigenvalue weighted by Crippen LogP contribution is 2.23. The molecule has 6 heteroatoms. The summed E-state index contributed by atoms with van der Waals surface area (Å²) in [6, 6.07) is 12.9. The van der Waals surface area contributed by atoms with Crippen LogP contribution < -0.4 is 5.32 Å². The number of fused-ring (bicyclic) bond motifs is 1. The van der Waals surface area contributed by atoms with Gasteiger partial charge in [-0.3, -0.25) is 4.79 Å². The van der Waals surface area contributed by atoms with E-state index < -0.39 is 0 Å². The topological polar surface area (TPSA) is 67.0 Å². The monoisotopic (exact) mass is 355 g/mol. The van der Waals surface area contributed by atoms with Gasteiger partial charge < -0.3 is 15.0 Å². The number of carbonyl (C=O) groups is 1. The van der Waals surface area contributed by atoms with Crippen LogP contribution in [0.4, 0.5) is 0 Å². The lowest BCUT2D eigenvalue weighted by atomic mass is 10.1. The van der Waals surface area contributed by atoms with Crippen LogP contribution in [0, 0.1) is 0 Å². The number of rotatable bonds is 4. The van der Waals surface area contributed by atoms with Crippen LogP contribution in [0.15, 0.2) is 42.5 Å². The third-order valence-electron chi connectivity index (χ3n) is 4.38.